The first-order chi connectivity index (χ1) is 21.0. The van der Waals surface area contributed by atoms with Gasteiger partial charge in [0.1, 0.15) is 6.17 Å². The first-order valence-electron chi connectivity index (χ1n) is 15.7. The van der Waals surface area contributed by atoms with E-state index in [2.05, 4.69) is 44.0 Å². The Morgan fingerprint density at radius 2 is 1.65 bits per heavy atom. The van der Waals surface area contributed by atoms with Crippen molar-refractivity contribution in [3.05, 3.63) is 83.1 Å². The van der Waals surface area contributed by atoms with Gasteiger partial charge >= 0.3 is 6.03 Å². The second-order valence-electron chi connectivity index (χ2n) is 12.1. The number of piperidine rings is 3. The topological polar surface area (TPSA) is 132 Å². The van der Waals surface area contributed by atoms with E-state index < -0.39 is 0 Å². The minimum absolute atomic E-state index is 0.0113. The van der Waals surface area contributed by atoms with E-state index in [-0.39, 0.29) is 24.1 Å². The fourth-order valence-corrected chi connectivity index (χ4v) is 6.62. The van der Waals surface area contributed by atoms with E-state index in [0.717, 1.165) is 74.6 Å². The molecule has 0 aliphatic carbocycles. The van der Waals surface area contributed by atoms with E-state index in [0.29, 0.717) is 24.6 Å². The van der Waals surface area contributed by atoms with Crippen LogP contribution in [0.25, 0.3) is 5.70 Å². The van der Waals surface area contributed by atoms with Crippen LogP contribution in [0.2, 0.25) is 0 Å². The third-order valence-electron chi connectivity index (χ3n) is 9.12. The number of benzene rings is 2. The monoisotopic (exact) mass is 584 g/mol. The number of fused-ring (bicyclic) bond motifs is 4. The number of anilines is 1. The van der Waals surface area contributed by atoms with Crippen LogP contribution in [0, 0.1) is 5.92 Å². The summed E-state index contributed by atoms with van der Waals surface area (Å²) in [5.74, 6) is 0.580. The second kappa shape index (κ2) is 13.3. The number of nitrogens with zero attached hydrogens (tertiary/aromatic N) is 3. The van der Waals surface area contributed by atoms with Gasteiger partial charge in [0.25, 0.3) is 5.91 Å². The molecule has 0 aromatic heterocycles. The third-order valence-corrected chi connectivity index (χ3v) is 9.12. The van der Waals surface area contributed by atoms with Crippen molar-refractivity contribution in [1.82, 2.24) is 25.8 Å². The van der Waals surface area contributed by atoms with Crippen molar-refractivity contribution in [2.75, 3.05) is 50.7 Å². The fraction of sp³-hybridized carbons (Fsp3) is 0.455. The lowest BCUT2D eigenvalue weighted by Gasteiger charge is -2.44. The molecule has 10 nitrogen and oxygen atoms in total. The van der Waals surface area contributed by atoms with Gasteiger partial charge in [-0.05, 0) is 112 Å². The Labute approximate surface area is 254 Å². The van der Waals surface area contributed by atoms with E-state index in [4.69, 9.17) is 11.5 Å². The van der Waals surface area contributed by atoms with Crippen LogP contribution in [0.15, 0.2) is 66.4 Å². The van der Waals surface area contributed by atoms with Gasteiger partial charge in [-0.15, -0.1) is 0 Å². The van der Waals surface area contributed by atoms with Crippen LogP contribution in [-0.2, 0) is 6.54 Å². The average molecular weight is 585 g/mol. The lowest BCUT2D eigenvalue weighted by Crippen LogP contribution is -2.57. The smallest absolute Gasteiger partial charge is 0.327 e. The van der Waals surface area contributed by atoms with E-state index in [9.17, 15) is 9.59 Å². The van der Waals surface area contributed by atoms with E-state index in [1.807, 2.05) is 42.6 Å². The highest BCUT2D eigenvalue weighted by Crippen LogP contribution is 2.30. The second-order valence-corrected chi connectivity index (χ2v) is 12.1. The predicted molar refractivity (Wildman–Crippen MR) is 170 cm³/mol. The van der Waals surface area contributed by atoms with Crippen LogP contribution in [0.1, 0.15) is 47.2 Å². The van der Waals surface area contributed by atoms with Gasteiger partial charge in [-0.1, -0.05) is 24.3 Å². The number of carbonyl (C=O) groups is 2. The molecule has 5 aliphatic rings. The summed E-state index contributed by atoms with van der Waals surface area (Å²) in [6.45, 7) is 7.32. The largest absolute Gasteiger partial charge is 0.361 e. The molecule has 7 rings (SSSR count). The molecule has 2 bridgehead atoms. The van der Waals surface area contributed by atoms with Crippen molar-refractivity contribution >= 4 is 23.3 Å². The predicted octanol–water partition coefficient (Wildman–Crippen LogP) is 2.39. The molecular formula is C33H44N8O2. The van der Waals surface area contributed by atoms with E-state index >= 15 is 0 Å². The minimum atomic E-state index is -0.295. The molecule has 43 heavy (non-hydrogen) atoms. The van der Waals surface area contributed by atoms with E-state index in [1.54, 1.807) is 4.90 Å². The summed E-state index contributed by atoms with van der Waals surface area (Å²) in [6.07, 6.45) is 7.90. The summed E-state index contributed by atoms with van der Waals surface area (Å²) in [5, 5.41) is 9.74. The van der Waals surface area contributed by atoms with Gasteiger partial charge in [-0.3, -0.25) is 14.6 Å². The number of rotatable bonds is 12. The summed E-state index contributed by atoms with van der Waals surface area (Å²) >= 11 is 0. The number of hydrogen-bond donors (Lipinski definition) is 5. The van der Waals surface area contributed by atoms with Gasteiger partial charge in [-0.25, -0.2) is 4.79 Å². The van der Waals surface area contributed by atoms with Crippen LogP contribution in [0.5, 0.6) is 0 Å². The van der Waals surface area contributed by atoms with Crippen LogP contribution in [-0.4, -0.2) is 79.8 Å². The van der Waals surface area contributed by atoms with Crippen molar-refractivity contribution < 1.29 is 9.59 Å². The van der Waals surface area contributed by atoms with Gasteiger partial charge in [0.05, 0.1) is 5.69 Å². The van der Waals surface area contributed by atoms with Gasteiger partial charge in [0, 0.05) is 42.2 Å². The molecule has 2 atom stereocenters. The minimum Gasteiger partial charge on any atom is -0.361 e. The quantitative estimate of drug-likeness (QED) is 0.259. The zero-order valence-electron chi connectivity index (χ0n) is 24.8. The average Bonchev–Trinajstić information content (AvgIpc) is 3.46. The van der Waals surface area contributed by atoms with Gasteiger partial charge in [-0.2, -0.15) is 0 Å². The molecule has 3 saturated heterocycles. The number of carbonyl (C=O) groups excluding carboxylic acids is 2. The van der Waals surface area contributed by atoms with Crippen molar-refractivity contribution in [3.8, 4) is 0 Å². The number of urea groups is 1. The van der Waals surface area contributed by atoms with Gasteiger partial charge in [0.2, 0.25) is 0 Å². The Morgan fingerprint density at radius 1 is 0.953 bits per heavy atom. The van der Waals surface area contributed by atoms with Crippen molar-refractivity contribution in [2.45, 2.75) is 44.4 Å². The molecule has 0 spiro atoms. The summed E-state index contributed by atoms with van der Waals surface area (Å²) in [4.78, 5) is 32.5. The van der Waals surface area contributed by atoms with Crippen molar-refractivity contribution in [3.63, 3.8) is 0 Å². The normalized spacial score (nSPS) is 24.3. The summed E-state index contributed by atoms with van der Waals surface area (Å²) in [7, 11) is 0. The zero-order valence-corrected chi connectivity index (χ0v) is 24.8. The highest BCUT2D eigenvalue weighted by Gasteiger charge is 2.35. The van der Waals surface area contributed by atoms with Gasteiger partial charge in [0.15, 0.2) is 0 Å². The van der Waals surface area contributed by atoms with Crippen molar-refractivity contribution in [2.24, 2.45) is 17.4 Å². The van der Waals surface area contributed by atoms with Crippen LogP contribution in [0.4, 0.5) is 10.5 Å². The van der Waals surface area contributed by atoms with Gasteiger partial charge < -0.3 is 32.3 Å². The molecule has 5 heterocycles. The molecule has 5 aliphatic heterocycles. The highest BCUT2D eigenvalue weighted by atomic mass is 16.2. The summed E-state index contributed by atoms with van der Waals surface area (Å²) in [5.41, 5.74) is 17.0. The number of hydrogen-bond acceptors (Lipinski definition) is 7. The molecule has 3 amide bonds. The Hall–Kier alpha value is -3.70. The van der Waals surface area contributed by atoms with Crippen LogP contribution in [0.3, 0.4) is 0 Å². The van der Waals surface area contributed by atoms with Crippen LogP contribution >= 0.6 is 0 Å². The Balaban J connectivity index is 1.09. The molecule has 0 radical (unpaired) electrons. The number of nitrogens with two attached hydrogens (primary N) is 2. The first kappa shape index (κ1) is 29.4. The molecule has 2 aromatic carbocycles. The molecule has 7 N–H and O–H groups in total. The van der Waals surface area contributed by atoms with Crippen molar-refractivity contribution in [1.29, 1.82) is 0 Å². The maximum atomic E-state index is 13.0. The SMILES string of the molecule is NCCCN(CCCN)Cc1ccc(N2C=C3C=C(c4ccc(C(=O)NC5CN6CCC5CC6)cc4)NC3NC2=O)cc1. The molecule has 0 saturated carbocycles. The Bertz CT molecular complexity index is 1340. The van der Waals surface area contributed by atoms with Crippen LogP contribution < -0.4 is 32.3 Å². The maximum absolute atomic E-state index is 13.0. The third kappa shape index (κ3) is 6.78. The molecule has 3 fully saturated rings. The molecule has 2 unspecified atom stereocenters. The molecule has 2 aromatic rings. The Kier molecular flexibility index (Phi) is 9.08. The van der Waals surface area contributed by atoms with E-state index in [1.165, 1.54) is 18.4 Å². The molecule has 10 heteroatoms. The number of amides is 3. The fourth-order valence-electron chi connectivity index (χ4n) is 6.62. The first-order valence-corrected chi connectivity index (χ1v) is 15.7. The molecular weight excluding hydrogens is 540 g/mol. The molecule has 228 valence electrons. The lowest BCUT2D eigenvalue weighted by molar-refractivity contribution is 0.0620. The maximum Gasteiger partial charge on any atom is 0.327 e. The lowest BCUT2D eigenvalue weighted by atomic mass is 9.84. The standard InChI is InChI=1S/C33H44N8O2/c34-13-1-15-39(16-2-14-35)20-23-3-9-28(10-4-23)41-21-27-19-29(36-31(27)38-33(41)43)24-5-7-26(8-6-24)32(42)37-30-22-40-17-11-25(30)12-18-40/h3-10,19,21,25,30-31,36H,1-2,11-18,20,22,34-35H2,(H,37,42)(H,38,43). The summed E-state index contributed by atoms with van der Waals surface area (Å²) in [6, 6.07) is 15.9. The summed E-state index contributed by atoms with van der Waals surface area (Å²) < 4.78 is 0. The highest BCUT2D eigenvalue weighted by molar-refractivity contribution is 5.97. The zero-order chi connectivity index (χ0) is 29.8. The Morgan fingerprint density at radius 3 is 2.28 bits per heavy atom. The number of nitrogens with one attached hydrogen (secondary N) is 3.